The van der Waals surface area contributed by atoms with Crippen LogP contribution in [0.3, 0.4) is 0 Å². The summed E-state index contributed by atoms with van der Waals surface area (Å²) in [6.07, 6.45) is 0.522. The second kappa shape index (κ2) is 8.63. The number of nitrogens with zero attached hydrogens (tertiary/aromatic N) is 2. The topological polar surface area (TPSA) is 73.2 Å². The van der Waals surface area contributed by atoms with Crippen molar-refractivity contribution in [3.63, 3.8) is 0 Å². The summed E-state index contributed by atoms with van der Waals surface area (Å²) in [7, 11) is 1.47. The van der Waals surface area contributed by atoms with Gasteiger partial charge >= 0.3 is 0 Å². The Labute approximate surface area is 176 Å². The van der Waals surface area contributed by atoms with E-state index in [1.54, 1.807) is 12.1 Å². The first-order valence-electron chi connectivity index (χ1n) is 8.62. The highest BCUT2D eigenvalue weighted by molar-refractivity contribution is 9.10. The molecule has 1 atom stereocenters. The lowest BCUT2D eigenvalue weighted by Gasteiger charge is -2.18. The summed E-state index contributed by atoms with van der Waals surface area (Å²) in [4.78, 5) is 26.9. The number of amides is 2. The summed E-state index contributed by atoms with van der Waals surface area (Å²) in [6, 6.07) is 17.2. The van der Waals surface area contributed by atoms with Gasteiger partial charge in [0.2, 0.25) is 5.91 Å². The molecule has 1 fully saturated rings. The second-order valence-electron chi connectivity index (χ2n) is 6.32. The van der Waals surface area contributed by atoms with Crippen molar-refractivity contribution in [2.45, 2.75) is 18.6 Å². The Morgan fingerprint density at radius 1 is 1.29 bits per heavy atom. The summed E-state index contributed by atoms with van der Waals surface area (Å²) in [5.41, 5.74) is 2.73. The van der Waals surface area contributed by atoms with Crippen LogP contribution in [0, 0.1) is 18.3 Å². The molecule has 1 unspecified atom stereocenters. The van der Waals surface area contributed by atoms with Gasteiger partial charge in [-0.3, -0.25) is 14.5 Å². The molecule has 5 nitrogen and oxygen atoms in total. The minimum atomic E-state index is -0.504. The molecule has 28 heavy (non-hydrogen) atoms. The molecule has 2 aromatic rings. The molecule has 1 N–H and O–H groups in total. The van der Waals surface area contributed by atoms with E-state index in [1.807, 2.05) is 49.4 Å². The number of rotatable bonds is 4. The maximum atomic E-state index is 13.2. The first kappa shape index (κ1) is 20.2. The summed E-state index contributed by atoms with van der Waals surface area (Å²) < 4.78 is 0.879. The van der Waals surface area contributed by atoms with Gasteiger partial charge in [-0.1, -0.05) is 57.5 Å². The third-order valence-electron chi connectivity index (χ3n) is 4.32. The van der Waals surface area contributed by atoms with E-state index >= 15 is 0 Å². The average Bonchev–Trinajstić information content (AvgIpc) is 2.99. The first-order chi connectivity index (χ1) is 13.4. The fraction of sp³-hybridized carbons (Fsp3) is 0.190. The van der Waals surface area contributed by atoms with E-state index < -0.39 is 11.2 Å². The summed E-state index contributed by atoms with van der Waals surface area (Å²) >= 11 is 4.65. The number of thioether (sulfide) groups is 1. The number of nitrogens with one attached hydrogen (secondary N) is 1. The number of halogens is 1. The minimum Gasteiger partial charge on any atom is -0.354 e. The molecule has 0 bridgehead atoms. The summed E-state index contributed by atoms with van der Waals surface area (Å²) in [5.74, 6) is -0.642. The standard InChI is InChI=1S/C21H18BrN3O2S/c1-13-4-3-5-14(10-13)11-18-20(27)25(16-8-6-15(22)7-9-16)21(28-18)17(12-23)19(26)24-2/h3-10,18H,11H2,1-2H3,(H,24,26)/b21-17-. The van der Waals surface area contributed by atoms with Crippen LogP contribution in [0.15, 0.2) is 63.6 Å². The van der Waals surface area contributed by atoms with Crippen molar-refractivity contribution in [2.75, 3.05) is 11.9 Å². The molecule has 0 spiro atoms. The van der Waals surface area contributed by atoms with Crippen LogP contribution in [-0.2, 0) is 16.0 Å². The van der Waals surface area contributed by atoms with Gasteiger partial charge in [0.1, 0.15) is 16.7 Å². The molecule has 1 aliphatic rings. The lowest BCUT2D eigenvalue weighted by Crippen LogP contribution is -2.31. The number of carbonyl (C=O) groups is 2. The molecule has 1 aliphatic heterocycles. The number of carbonyl (C=O) groups excluding carboxylic acids is 2. The molecule has 1 heterocycles. The Kier molecular flexibility index (Phi) is 6.22. The number of hydrogen-bond acceptors (Lipinski definition) is 4. The van der Waals surface area contributed by atoms with Crippen molar-refractivity contribution in [3.8, 4) is 6.07 Å². The van der Waals surface area contributed by atoms with Crippen LogP contribution in [0.2, 0.25) is 0 Å². The van der Waals surface area contributed by atoms with E-state index in [1.165, 1.54) is 23.7 Å². The van der Waals surface area contributed by atoms with Crippen LogP contribution in [0.5, 0.6) is 0 Å². The predicted molar refractivity (Wildman–Crippen MR) is 115 cm³/mol. The molecule has 0 radical (unpaired) electrons. The van der Waals surface area contributed by atoms with E-state index in [2.05, 4.69) is 21.2 Å². The smallest absolute Gasteiger partial charge is 0.264 e. The normalized spacial score (nSPS) is 18.0. The number of likely N-dealkylation sites (N-methyl/N-ethyl adjacent to an activating group) is 1. The summed E-state index contributed by atoms with van der Waals surface area (Å²) in [6.45, 7) is 2.01. The van der Waals surface area contributed by atoms with Gasteiger partial charge in [0.15, 0.2) is 0 Å². The van der Waals surface area contributed by atoms with Gasteiger partial charge in [0.05, 0.1) is 5.25 Å². The van der Waals surface area contributed by atoms with Crippen molar-refractivity contribution in [2.24, 2.45) is 0 Å². The highest BCUT2D eigenvalue weighted by Gasteiger charge is 2.40. The lowest BCUT2D eigenvalue weighted by atomic mass is 10.1. The first-order valence-corrected chi connectivity index (χ1v) is 10.3. The van der Waals surface area contributed by atoms with E-state index in [-0.39, 0.29) is 11.5 Å². The highest BCUT2D eigenvalue weighted by Crippen LogP contribution is 2.42. The van der Waals surface area contributed by atoms with E-state index in [0.29, 0.717) is 17.1 Å². The van der Waals surface area contributed by atoms with Crippen LogP contribution in [0.4, 0.5) is 5.69 Å². The van der Waals surface area contributed by atoms with Gasteiger partial charge < -0.3 is 5.32 Å². The van der Waals surface area contributed by atoms with E-state index in [9.17, 15) is 14.9 Å². The Bertz CT molecular complexity index is 995. The van der Waals surface area contributed by atoms with Gasteiger partial charge in [-0.05, 0) is 43.2 Å². The van der Waals surface area contributed by atoms with Crippen molar-refractivity contribution >= 4 is 45.2 Å². The summed E-state index contributed by atoms with van der Waals surface area (Å²) in [5, 5.41) is 12.0. The molecule has 1 saturated heterocycles. The Hall–Kier alpha value is -2.56. The number of anilines is 1. The van der Waals surface area contributed by atoms with E-state index in [0.717, 1.165) is 15.6 Å². The molecule has 2 aromatic carbocycles. The molecular weight excluding hydrogens is 438 g/mol. The van der Waals surface area contributed by atoms with Gasteiger partial charge in [0, 0.05) is 17.2 Å². The van der Waals surface area contributed by atoms with Crippen molar-refractivity contribution in [1.82, 2.24) is 5.32 Å². The molecule has 142 valence electrons. The Balaban J connectivity index is 2.04. The number of benzene rings is 2. The molecular formula is C21H18BrN3O2S. The minimum absolute atomic E-state index is 0.0597. The van der Waals surface area contributed by atoms with E-state index in [4.69, 9.17) is 0 Å². The Morgan fingerprint density at radius 2 is 2.00 bits per heavy atom. The maximum Gasteiger partial charge on any atom is 0.264 e. The lowest BCUT2D eigenvalue weighted by molar-refractivity contribution is -0.117. The van der Waals surface area contributed by atoms with Crippen molar-refractivity contribution in [1.29, 1.82) is 5.26 Å². The molecule has 0 aromatic heterocycles. The van der Waals surface area contributed by atoms with Crippen LogP contribution < -0.4 is 10.2 Å². The van der Waals surface area contributed by atoms with Crippen molar-refractivity contribution < 1.29 is 9.59 Å². The second-order valence-corrected chi connectivity index (χ2v) is 8.43. The van der Waals surface area contributed by atoms with Gasteiger partial charge in [-0.25, -0.2) is 0 Å². The third kappa shape index (κ3) is 4.13. The molecule has 3 rings (SSSR count). The SMILES string of the molecule is CNC(=O)/C(C#N)=C1\SC(Cc2cccc(C)c2)C(=O)N1c1ccc(Br)cc1. The fourth-order valence-electron chi connectivity index (χ4n) is 2.99. The van der Waals surface area contributed by atoms with Gasteiger partial charge in [-0.15, -0.1) is 0 Å². The fourth-order valence-corrected chi connectivity index (χ4v) is 4.56. The molecule has 2 amide bonds. The molecule has 7 heteroatoms. The Morgan fingerprint density at radius 3 is 2.61 bits per heavy atom. The zero-order valence-corrected chi connectivity index (χ0v) is 17.8. The van der Waals surface area contributed by atoms with Crippen LogP contribution >= 0.6 is 27.7 Å². The number of hydrogen-bond donors (Lipinski definition) is 1. The zero-order chi connectivity index (χ0) is 20.3. The number of nitriles is 1. The monoisotopic (exact) mass is 455 g/mol. The zero-order valence-electron chi connectivity index (χ0n) is 15.4. The van der Waals surface area contributed by atoms with Gasteiger partial charge in [-0.2, -0.15) is 5.26 Å². The van der Waals surface area contributed by atoms with Crippen LogP contribution in [0.25, 0.3) is 0 Å². The molecule has 0 saturated carbocycles. The van der Waals surface area contributed by atoms with Crippen LogP contribution in [0.1, 0.15) is 11.1 Å². The third-order valence-corrected chi connectivity index (χ3v) is 6.11. The molecule has 0 aliphatic carbocycles. The highest BCUT2D eigenvalue weighted by atomic mass is 79.9. The largest absolute Gasteiger partial charge is 0.354 e. The maximum absolute atomic E-state index is 13.2. The average molecular weight is 456 g/mol. The number of aryl methyl sites for hydroxylation is 1. The van der Waals surface area contributed by atoms with Gasteiger partial charge in [0.25, 0.3) is 5.91 Å². The van der Waals surface area contributed by atoms with Crippen LogP contribution in [-0.4, -0.2) is 24.1 Å². The quantitative estimate of drug-likeness (QED) is 0.559. The van der Waals surface area contributed by atoms with Crippen molar-refractivity contribution in [3.05, 3.63) is 74.7 Å². The predicted octanol–water partition coefficient (Wildman–Crippen LogP) is 3.93.